The van der Waals surface area contributed by atoms with E-state index < -0.39 is 0 Å². The Morgan fingerprint density at radius 2 is 1.83 bits per heavy atom. The molecular weight excluding hydrogens is 174 g/mol. The number of aromatic hydroxyl groups is 1. The van der Waals surface area contributed by atoms with Gasteiger partial charge in [0.25, 0.3) is 0 Å². The molecule has 68 valence electrons. The van der Waals surface area contributed by atoms with Crippen molar-refractivity contribution in [2.45, 2.75) is 6.54 Å². The van der Waals surface area contributed by atoms with Gasteiger partial charge in [0.2, 0.25) is 0 Å². The van der Waals surface area contributed by atoms with Crippen LogP contribution in [0, 0.1) is 0 Å². The summed E-state index contributed by atoms with van der Waals surface area (Å²) in [5.41, 5.74) is 0.970. The van der Waals surface area contributed by atoms with Crippen molar-refractivity contribution in [1.82, 2.24) is 4.90 Å². The highest BCUT2D eigenvalue weighted by molar-refractivity contribution is 5.85. The maximum atomic E-state index is 9.33. The second kappa shape index (κ2) is 5.01. The van der Waals surface area contributed by atoms with Crippen LogP contribution >= 0.6 is 12.4 Å². The molecule has 0 saturated heterocycles. The number of para-hydroxylation sites is 1. The van der Waals surface area contributed by atoms with Gasteiger partial charge < -0.3 is 10.0 Å². The SMILES string of the molecule is CN(C)Cc1ccccc1O.Cl. The molecule has 0 saturated carbocycles. The molecular formula is C9H14ClNO. The standard InChI is InChI=1S/C9H13NO.ClH/c1-10(2)7-8-5-3-4-6-9(8)11;/h3-6,11H,7H2,1-2H3;1H. The number of phenolic OH excluding ortho intramolecular Hbond substituents is 1. The predicted octanol–water partition coefficient (Wildman–Crippen LogP) is 1.88. The lowest BCUT2D eigenvalue weighted by Gasteiger charge is -2.10. The Kier molecular flexibility index (Phi) is 4.71. The third-order valence-electron chi connectivity index (χ3n) is 1.48. The second-order valence-corrected chi connectivity index (χ2v) is 2.87. The quantitative estimate of drug-likeness (QED) is 0.765. The molecule has 1 aromatic carbocycles. The van der Waals surface area contributed by atoms with E-state index in [0.717, 1.165) is 12.1 Å². The molecule has 0 radical (unpaired) electrons. The Bertz CT molecular complexity index is 238. The van der Waals surface area contributed by atoms with Crippen LogP contribution in [0.5, 0.6) is 5.75 Å². The first-order chi connectivity index (χ1) is 5.20. The molecule has 0 heterocycles. The largest absolute Gasteiger partial charge is 0.508 e. The number of hydrogen-bond acceptors (Lipinski definition) is 2. The molecule has 0 unspecified atom stereocenters. The molecule has 3 heteroatoms. The van der Waals surface area contributed by atoms with E-state index in [1.54, 1.807) is 6.07 Å². The van der Waals surface area contributed by atoms with Crippen molar-refractivity contribution in [1.29, 1.82) is 0 Å². The van der Waals surface area contributed by atoms with Crippen molar-refractivity contribution in [2.24, 2.45) is 0 Å². The van der Waals surface area contributed by atoms with Crippen LogP contribution in [-0.4, -0.2) is 24.1 Å². The van der Waals surface area contributed by atoms with Crippen molar-refractivity contribution >= 4 is 12.4 Å². The monoisotopic (exact) mass is 187 g/mol. The van der Waals surface area contributed by atoms with Gasteiger partial charge in [0, 0.05) is 12.1 Å². The van der Waals surface area contributed by atoms with Crippen LogP contribution in [0.2, 0.25) is 0 Å². The number of rotatable bonds is 2. The average molecular weight is 188 g/mol. The normalized spacial score (nSPS) is 9.58. The van der Waals surface area contributed by atoms with Crippen molar-refractivity contribution in [3.63, 3.8) is 0 Å². The topological polar surface area (TPSA) is 23.5 Å². The van der Waals surface area contributed by atoms with Gasteiger partial charge in [-0.15, -0.1) is 12.4 Å². The lowest BCUT2D eigenvalue weighted by molar-refractivity contribution is 0.386. The molecule has 2 nitrogen and oxygen atoms in total. The van der Waals surface area contributed by atoms with E-state index in [9.17, 15) is 5.11 Å². The maximum Gasteiger partial charge on any atom is 0.120 e. The molecule has 0 atom stereocenters. The molecule has 1 rings (SSSR count). The lowest BCUT2D eigenvalue weighted by Crippen LogP contribution is -2.10. The average Bonchev–Trinajstić information content (AvgIpc) is 1.93. The summed E-state index contributed by atoms with van der Waals surface area (Å²) in [6.45, 7) is 0.784. The smallest absolute Gasteiger partial charge is 0.120 e. The highest BCUT2D eigenvalue weighted by atomic mass is 35.5. The minimum Gasteiger partial charge on any atom is -0.508 e. The Morgan fingerprint density at radius 1 is 1.25 bits per heavy atom. The van der Waals surface area contributed by atoms with Gasteiger partial charge in [-0.2, -0.15) is 0 Å². The first-order valence-electron chi connectivity index (χ1n) is 3.62. The molecule has 0 fully saturated rings. The fourth-order valence-electron chi connectivity index (χ4n) is 0.985. The minimum absolute atomic E-state index is 0. The van der Waals surface area contributed by atoms with Crippen LogP contribution in [-0.2, 0) is 6.54 Å². The lowest BCUT2D eigenvalue weighted by atomic mass is 10.2. The Hall–Kier alpha value is -0.730. The Morgan fingerprint density at radius 3 is 2.33 bits per heavy atom. The van der Waals surface area contributed by atoms with Gasteiger partial charge in [-0.3, -0.25) is 0 Å². The van der Waals surface area contributed by atoms with E-state index in [0.29, 0.717) is 5.75 Å². The van der Waals surface area contributed by atoms with Crippen LogP contribution in [0.4, 0.5) is 0 Å². The fraction of sp³-hybridized carbons (Fsp3) is 0.333. The third-order valence-corrected chi connectivity index (χ3v) is 1.48. The highest BCUT2D eigenvalue weighted by Crippen LogP contribution is 2.16. The molecule has 0 amide bonds. The molecule has 12 heavy (non-hydrogen) atoms. The third kappa shape index (κ3) is 3.11. The van der Waals surface area contributed by atoms with Gasteiger partial charge in [-0.05, 0) is 20.2 Å². The molecule has 0 bridgehead atoms. The van der Waals surface area contributed by atoms with E-state index in [1.165, 1.54) is 0 Å². The summed E-state index contributed by atoms with van der Waals surface area (Å²) >= 11 is 0. The van der Waals surface area contributed by atoms with Crippen molar-refractivity contribution in [3.8, 4) is 5.75 Å². The number of benzene rings is 1. The first kappa shape index (κ1) is 11.3. The summed E-state index contributed by atoms with van der Waals surface area (Å²) in [4.78, 5) is 2.02. The second-order valence-electron chi connectivity index (χ2n) is 2.87. The Labute approximate surface area is 79.2 Å². The van der Waals surface area contributed by atoms with E-state index in [4.69, 9.17) is 0 Å². The van der Waals surface area contributed by atoms with E-state index in [1.807, 2.05) is 37.2 Å². The summed E-state index contributed by atoms with van der Waals surface area (Å²) in [5.74, 6) is 0.376. The fourth-order valence-corrected chi connectivity index (χ4v) is 0.985. The highest BCUT2D eigenvalue weighted by Gasteiger charge is 1.98. The molecule has 1 aromatic rings. The Balaban J connectivity index is 0.00000121. The van der Waals surface area contributed by atoms with E-state index in [-0.39, 0.29) is 12.4 Å². The summed E-state index contributed by atoms with van der Waals surface area (Å²) in [6.07, 6.45) is 0. The summed E-state index contributed by atoms with van der Waals surface area (Å²) in [7, 11) is 3.96. The molecule has 0 aliphatic heterocycles. The van der Waals surface area contributed by atoms with E-state index >= 15 is 0 Å². The minimum atomic E-state index is 0. The molecule has 0 aliphatic carbocycles. The molecule has 0 aliphatic rings. The van der Waals surface area contributed by atoms with E-state index in [2.05, 4.69) is 0 Å². The van der Waals surface area contributed by atoms with Crippen LogP contribution in [0.1, 0.15) is 5.56 Å². The van der Waals surface area contributed by atoms with Gasteiger partial charge in [0.15, 0.2) is 0 Å². The predicted molar refractivity (Wildman–Crippen MR) is 52.7 cm³/mol. The number of hydrogen-bond donors (Lipinski definition) is 1. The van der Waals surface area contributed by atoms with Crippen LogP contribution in [0.15, 0.2) is 24.3 Å². The maximum absolute atomic E-state index is 9.33. The van der Waals surface area contributed by atoms with Gasteiger partial charge in [-0.25, -0.2) is 0 Å². The number of nitrogens with zero attached hydrogens (tertiary/aromatic N) is 1. The van der Waals surface area contributed by atoms with Gasteiger partial charge in [0.1, 0.15) is 5.75 Å². The number of phenols is 1. The van der Waals surface area contributed by atoms with Crippen molar-refractivity contribution in [3.05, 3.63) is 29.8 Å². The summed E-state index contributed by atoms with van der Waals surface area (Å²) in [5, 5.41) is 9.33. The van der Waals surface area contributed by atoms with Crippen LogP contribution in [0.3, 0.4) is 0 Å². The zero-order valence-corrected chi connectivity index (χ0v) is 8.14. The zero-order chi connectivity index (χ0) is 8.27. The van der Waals surface area contributed by atoms with Gasteiger partial charge in [0.05, 0.1) is 0 Å². The summed E-state index contributed by atoms with van der Waals surface area (Å²) < 4.78 is 0. The summed E-state index contributed by atoms with van der Waals surface area (Å²) in [6, 6.07) is 7.39. The van der Waals surface area contributed by atoms with Crippen LogP contribution < -0.4 is 0 Å². The van der Waals surface area contributed by atoms with Crippen molar-refractivity contribution < 1.29 is 5.11 Å². The van der Waals surface area contributed by atoms with Crippen LogP contribution in [0.25, 0.3) is 0 Å². The molecule has 0 aromatic heterocycles. The number of halogens is 1. The van der Waals surface area contributed by atoms with Gasteiger partial charge in [-0.1, -0.05) is 18.2 Å². The first-order valence-corrected chi connectivity index (χ1v) is 3.62. The zero-order valence-electron chi connectivity index (χ0n) is 7.32. The molecule has 0 spiro atoms. The van der Waals surface area contributed by atoms with Gasteiger partial charge >= 0.3 is 0 Å². The van der Waals surface area contributed by atoms with Crippen molar-refractivity contribution in [2.75, 3.05) is 14.1 Å². The molecule has 1 N–H and O–H groups in total.